The van der Waals surface area contributed by atoms with E-state index in [1.807, 2.05) is 72.2 Å². The lowest BCUT2D eigenvalue weighted by atomic mass is 10.0. The summed E-state index contributed by atoms with van der Waals surface area (Å²) < 4.78 is 1.94. The summed E-state index contributed by atoms with van der Waals surface area (Å²) in [7, 11) is 0. The summed E-state index contributed by atoms with van der Waals surface area (Å²) in [5, 5.41) is 14.1. The summed E-state index contributed by atoms with van der Waals surface area (Å²) in [6.45, 7) is 6.34. The number of amides is 1. The van der Waals surface area contributed by atoms with Crippen LogP contribution in [0, 0.1) is 6.92 Å². The molecule has 4 rings (SSSR count). The van der Waals surface area contributed by atoms with Crippen LogP contribution in [0.1, 0.15) is 36.5 Å². The average molecular weight is 504 g/mol. The number of halogens is 1. The third-order valence-corrected chi connectivity index (χ3v) is 6.55. The molecule has 178 valence electrons. The van der Waals surface area contributed by atoms with Crippen LogP contribution in [-0.4, -0.2) is 32.6 Å². The van der Waals surface area contributed by atoms with Crippen molar-refractivity contribution >= 4 is 35.5 Å². The zero-order chi connectivity index (χ0) is 24.8. The van der Waals surface area contributed by atoms with E-state index >= 15 is 0 Å². The predicted molar refractivity (Wildman–Crippen MR) is 144 cm³/mol. The first kappa shape index (κ1) is 24.7. The van der Waals surface area contributed by atoms with Gasteiger partial charge in [-0.05, 0) is 60.4 Å². The van der Waals surface area contributed by atoms with Gasteiger partial charge in [-0.15, -0.1) is 10.2 Å². The van der Waals surface area contributed by atoms with E-state index in [4.69, 9.17) is 11.6 Å². The van der Waals surface area contributed by atoms with Gasteiger partial charge in [-0.2, -0.15) is 5.10 Å². The van der Waals surface area contributed by atoms with E-state index in [1.165, 1.54) is 17.3 Å². The summed E-state index contributed by atoms with van der Waals surface area (Å²) >= 11 is 7.36. The fourth-order valence-corrected chi connectivity index (χ4v) is 4.25. The normalized spacial score (nSPS) is 11.3. The van der Waals surface area contributed by atoms with Crippen LogP contribution >= 0.6 is 23.4 Å². The molecule has 0 spiro atoms. The van der Waals surface area contributed by atoms with Crippen molar-refractivity contribution in [2.75, 3.05) is 5.75 Å². The van der Waals surface area contributed by atoms with Gasteiger partial charge < -0.3 is 0 Å². The number of hydrazone groups is 1. The highest BCUT2D eigenvalue weighted by Gasteiger charge is 2.17. The molecule has 1 aromatic heterocycles. The van der Waals surface area contributed by atoms with Gasteiger partial charge in [0.25, 0.3) is 5.91 Å². The number of thioether (sulfide) groups is 1. The van der Waals surface area contributed by atoms with Crippen molar-refractivity contribution in [2.24, 2.45) is 5.10 Å². The maximum Gasteiger partial charge on any atom is 0.250 e. The van der Waals surface area contributed by atoms with E-state index < -0.39 is 0 Å². The van der Waals surface area contributed by atoms with Crippen LogP contribution in [0.15, 0.2) is 83.1 Å². The van der Waals surface area contributed by atoms with Gasteiger partial charge in [0.1, 0.15) is 0 Å². The first-order chi connectivity index (χ1) is 16.9. The van der Waals surface area contributed by atoms with Gasteiger partial charge in [0.05, 0.1) is 12.0 Å². The van der Waals surface area contributed by atoms with Crippen molar-refractivity contribution in [1.82, 2.24) is 20.2 Å². The number of rotatable bonds is 8. The second-order valence-electron chi connectivity index (χ2n) is 8.39. The van der Waals surface area contributed by atoms with Gasteiger partial charge in [-0.3, -0.25) is 9.36 Å². The molecule has 35 heavy (non-hydrogen) atoms. The number of benzene rings is 3. The minimum atomic E-state index is -0.225. The Morgan fingerprint density at radius 2 is 1.71 bits per heavy atom. The monoisotopic (exact) mass is 503 g/mol. The number of carbonyl (C=O) groups excluding carboxylic acids is 1. The molecule has 0 radical (unpaired) electrons. The molecule has 0 atom stereocenters. The Hall–Kier alpha value is -3.42. The Bertz CT molecular complexity index is 1310. The summed E-state index contributed by atoms with van der Waals surface area (Å²) in [5.41, 5.74) is 7.72. The third kappa shape index (κ3) is 6.38. The molecule has 0 aliphatic heterocycles. The molecule has 4 aromatic rings. The lowest BCUT2D eigenvalue weighted by molar-refractivity contribution is -0.118. The fraction of sp³-hybridized carbons (Fsp3) is 0.185. The maximum absolute atomic E-state index is 12.4. The van der Waals surface area contributed by atoms with E-state index in [2.05, 4.69) is 46.7 Å². The maximum atomic E-state index is 12.4. The van der Waals surface area contributed by atoms with E-state index in [0.717, 1.165) is 22.4 Å². The van der Waals surface area contributed by atoms with Gasteiger partial charge in [0.15, 0.2) is 11.0 Å². The molecular weight excluding hydrogens is 478 g/mol. The van der Waals surface area contributed by atoms with Crippen LogP contribution in [-0.2, 0) is 4.79 Å². The molecule has 8 heteroatoms. The van der Waals surface area contributed by atoms with Crippen LogP contribution < -0.4 is 5.43 Å². The Morgan fingerprint density at radius 3 is 2.37 bits per heavy atom. The van der Waals surface area contributed by atoms with Crippen LogP contribution in [0.4, 0.5) is 0 Å². The van der Waals surface area contributed by atoms with E-state index in [1.54, 1.807) is 6.21 Å². The highest BCUT2D eigenvalue weighted by Crippen LogP contribution is 2.28. The molecular formula is C27H26ClN5OS. The summed E-state index contributed by atoms with van der Waals surface area (Å²) in [4.78, 5) is 12.4. The molecule has 0 saturated heterocycles. The first-order valence-corrected chi connectivity index (χ1v) is 12.6. The minimum Gasteiger partial charge on any atom is -0.272 e. The predicted octanol–water partition coefficient (Wildman–Crippen LogP) is 6.26. The smallest absolute Gasteiger partial charge is 0.250 e. The molecule has 0 fully saturated rings. The zero-order valence-corrected chi connectivity index (χ0v) is 21.3. The topological polar surface area (TPSA) is 72.2 Å². The second kappa shape index (κ2) is 11.3. The van der Waals surface area contributed by atoms with Gasteiger partial charge >= 0.3 is 0 Å². The Balaban J connectivity index is 1.47. The number of aromatic nitrogens is 3. The lowest BCUT2D eigenvalue weighted by Gasteiger charge is -2.10. The molecule has 1 N–H and O–H groups in total. The molecule has 0 unspecified atom stereocenters. The average Bonchev–Trinajstić information content (AvgIpc) is 3.28. The number of carbonyl (C=O) groups is 1. The summed E-state index contributed by atoms with van der Waals surface area (Å²) in [6, 6.07) is 23.6. The van der Waals surface area contributed by atoms with E-state index in [-0.39, 0.29) is 11.7 Å². The highest BCUT2D eigenvalue weighted by atomic mass is 35.5. The van der Waals surface area contributed by atoms with Crippen molar-refractivity contribution in [3.05, 3.63) is 94.5 Å². The highest BCUT2D eigenvalue weighted by molar-refractivity contribution is 7.99. The van der Waals surface area contributed by atoms with Crippen molar-refractivity contribution in [3.63, 3.8) is 0 Å². The third-order valence-electron chi connectivity index (χ3n) is 5.37. The molecule has 6 nitrogen and oxygen atoms in total. The standard InChI is InChI=1S/C27H26ClN5OS/c1-18(2)21-8-6-20(7-9-21)16-29-30-25(34)17-35-27-32-31-26(22-10-12-23(28)13-11-22)33(27)24-14-4-19(3)5-15-24/h4-16,18H,17H2,1-3H3,(H,30,34)/b29-16-. The van der Waals surface area contributed by atoms with Crippen molar-refractivity contribution in [1.29, 1.82) is 0 Å². The minimum absolute atomic E-state index is 0.147. The van der Waals surface area contributed by atoms with Crippen molar-refractivity contribution in [2.45, 2.75) is 31.8 Å². The summed E-state index contributed by atoms with van der Waals surface area (Å²) in [5.74, 6) is 1.07. The fourth-order valence-electron chi connectivity index (χ4n) is 3.38. The SMILES string of the molecule is Cc1ccc(-n2c(SCC(=O)N/N=C\c3ccc(C(C)C)cc3)nnc2-c2ccc(Cl)cc2)cc1. The first-order valence-electron chi connectivity index (χ1n) is 11.2. The lowest BCUT2D eigenvalue weighted by Crippen LogP contribution is -2.20. The van der Waals surface area contributed by atoms with Crippen molar-refractivity contribution < 1.29 is 4.79 Å². The molecule has 3 aromatic carbocycles. The second-order valence-corrected chi connectivity index (χ2v) is 9.77. The van der Waals surface area contributed by atoms with Crippen molar-refractivity contribution in [3.8, 4) is 17.1 Å². The van der Waals surface area contributed by atoms with E-state index in [9.17, 15) is 4.79 Å². The number of nitrogens with one attached hydrogen (secondary N) is 1. The number of aryl methyl sites for hydroxylation is 1. The van der Waals surface area contributed by atoms with Gasteiger partial charge in [0, 0.05) is 16.3 Å². The molecule has 1 amide bonds. The largest absolute Gasteiger partial charge is 0.272 e. The van der Waals surface area contributed by atoms with Crippen LogP contribution in [0.3, 0.4) is 0 Å². The Kier molecular flexibility index (Phi) is 8.00. The van der Waals surface area contributed by atoms with Crippen LogP contribution in [0.25, 0.3) is 17.1 Å². The molecule has 0 aliphatic rings. The van der Waals surface area contributed by atoms with Gasteiger partial charge in [-0.1, -0.05) is 79.2 Å². The zero-order valence-electron chi connectivity index (χ0n) is 19.8. The number of hydrogen-bond donors (Lipinski definition) is 1. The molecule has 1 heterocycles. The van der Waals surface area contributed by atoms with Crippen LogP contribution in [0.2, 0.25) is 5.02 Å². The quantitative estimate of drug-likeness (QED) is 0.175. The van der Waals surface area contributed by atoms with Gasteiger partial charge in [-0.25, -0.2) is 5.43 Å². The number of hydrogen-bond acceptors (Lipinski definition) is 5. The van der Waals surface area contributed by atoms with Gasteiger partial charge in [0.2, 0.25) is 0 Å². The Morgan fingerprint density at radius 1 is 1.03 bits per heavy atom. The molecule has 0 aliphatic carbocycles. The summed E-state index contributed by atoms with van der Waals surface area (Å²) in [6.07, 6.45) is 1.64. The van der Waals surface area contributed by atoms with E-state index in [0.29, 0.717) is 21.9 Å². The number of nitrogens with zero attached hydrogens (tertiary/aromatic N) is 4. The molecule has 0 bridgehead atoms. The van der Waals surface area contributed by atoms with Crippen LogP contribution in [0.5, 0.6) is 0 Å². The Labute approximate surface area is 214 Å². The molecule has 0 saturated carbocycles.